The van der Waals surface area contributed by atoms with Crippen LogP contribution >= 0.6 is 11.6 Å². The topological polar surface area (TPSA) is 54.7 Å². The summed E-state index contributed by atoms with van der Waals surface area (Å²) in [6, 6.07) is 6.49. The van der Waals surface area contributed by atoms with Crippen molar-refractivity contribution in [1.82, 2.24) is 9.47 Å². The first kappa shape index (κ1) is 20.7. The number of pyridine rings is 1. The minimum Gasteiger partial charge on any atom is -0.341 e. The zero-order valence-corrected chi connectivity index (χ0v) is 16.7. The van der Waals surface area contributed by atoms with Gasteiger partial charge in [-0.25, -0.2) is 0 Å². The number of likely N-dealkylation sites (tertiary alicyclic amines) is 1. The summed E-state index contributed by atoms with van der Waals surface area (Å²) in [7, 11) is 0. The molecule has 1 aromatic heterocycles. The fourth-order valence-electron chi connectivity index (χ4n) is 3.95. The van der Waals surface area contributed by atoms with Gasteiger partial charge in [0.1, 0.15) is 6.54 Å². The third kappa shape index (κ3) is 4.28. The molecule has 9 heteroatoms. The number of amides is 1. The first-order chi connectivity index (χ1) is 14.2. The van der Waals surface area contributed by atoms with Gasteiger partial charge >= 0.3 is 6.18 Å². The molecule has 3 heterocycles. The van der Waals surface area contributed by atoms with E-state index in [1.165, 1.54) is 29.0 Å². The summed E-state index contributed by atoms with van der Waals surface area (Å²) >= 11 is 5.89. The van der Waals surface area contributed by atoms with Crippen molar-refractivity contribution in [3.8, 4) is 0 Å². The molecule has 0 aliphatic carbocycles. The summed E-state index contributed by atoms with van der Waals surface area (Å²) in [5.41, 5.74) is 1.08. The lowest BCUT2D eigenvalue weighted by molar-refractivity contribution is -0.137. The number of piperidine rings is 1. The average Bonchev–Trinajstić information content (AvgIpc) is 3.13. The Morgan fingerprint density at radius 3 is 2.60 bits per heavy atom. The second kappa shape index (κ2) is 7.91. The number of carbonyl (C=O) groups excluding carboxylic acids is 1. The number of hydrogen-bond donors (Lipinski definition) is 0. The number of hydrogen-bond acceptors (Lipinski definition) is 3. The number of aromatic nitrogens is 1. The molecular weight excluding hydrogens is 419 g/mol. The van der Waals surface area contributed by atoms with Crippen LogP contribution in [0.2, 0.25) is 5.02 Å². The lowest BCUT2D eigenvalue weighted by Crippen LogP contribution is -2.42. The molecule has 0 radical (unpaired) electrons. The quantitative estimate of drug-likeness (QED) is 0.726. The molecule has 5 nitrogen and oxygen atoms in total. The maximum absolute atomic E-state index is 12.9. The van der Waals surface area contributed by atoms with E-state index >= 15 is 0 Å². The maximum Gasteiger partial charge on any atom is 0.416 e. The van der Waals surface area contributed by atoms with Gasteiger partial charge < -0.3 is 9.47 Å². The first-order valence-electron chi connectivity index (χ1n) is 9.62. The van der Waals surface area contributed by atoms with E-state index in [-0.39, 0.29) is 23.9 Å². The molecule has 0 saturated carbocycles. The summed E-state index contributed by atoms with van der Waals surface area (Å²) in [5, 5.41) is 0.383. The number of rotatable bonds is 3. The number of alkyl halides is 3. The fraction of sp³-hybridized carbons (Fsp3) is 0.381. The molecule has 0 atom stereocenters. The van der Waals surface area contributed by atoms with Crippen LogP contribution in [0.4, 0.5) is 18.9 Å². The summed E-state index contributed by atoms with van der Waals surface area (Å²) < 4.78 is 40.0. The lowest BCUT2D eigenvalue weighted by Gasteiger charge is -2.32. The summed E-state index contributed by atoms with van der Waals surface area (Å²) in [5.74, 6) is -0.0334. The molecule has 1 amide bonds. The normalized spacial score (nSPS) is 17.1. The average molecular weight is 438 g/mol. The summed E-state index contributed by atoms with van der Waals surface area (Å²) in [6.07, 6.45) is -1.02. The van der Waals surface area contributed by atoms with Crippen molar-refractivity contribution in [2.24, 2.45) is 10.9 Å². The van der Waals surface area contributed by atoms with Crippen molar-refractivity contribution < 1.29 is 18.0 Å². The smallest absolute Gasteiger partial charge is 0.341 e. The zero-order chi connectivity index (χ0) is 21.5. The first-order valence-corrected chi connectivity index (χ1v) is 10.00. The van der Waals surface area contributed by atoms with E-state index in [0.29, 0.717) is 43.1 Å². The Kier molecular flexibility index (Phi) is 5.44. The molecule has 2 aromatic rings. The molecule has 0 N–H and O–H groups in total. The highest BCUT2D eigenvalue weighted by Crippen LogP contribution is 2.37. The Labute approximate surface area is 175 Å². The van der Waals surface area contributed by atoms with Gasteiger partial charge in [-0.05, 0) is 36.6 Å². The number of aliphatic imine (C=N–C) groups is 1. The molecule has 1 aromatic carbocycles. The highest BCUT2D eigenvalue weighted by molar-refractivity contribution is 6.30. The van der Waals surface area contributed by atoms with Crippen LogP contribution in [-0.2, 0) is 23.9 Å². The largest absolute Gasteiger partial charge is 0.416 e. The Bertz CT molecular complexity index is 1070. The van der Waals surface area contributed by atoms with Crippen LogP contribution in [0.5, 0.6) is 0 Å². The van der Waals surface area contributed by atoms with Crippen LogP contribution in [-0.4, -0.2) is 34.2 Å². The number of carbonyl (C=O) groups is 1. The molecule has 158 valence electrons. The predicted molar refractivity (Wildman–Crippen MR) is 107 cm³/mol. The second-order valence-electron chi connectivity index (χ2n) is 7.59. The molecule has 4 rings (SSSR count). The molecule has 0 unspecified atom stereocenters. The molecule has 1 fully saturated rings. The monoisotopic (exact) mass is 437 g/mol. The van der Waals surface area contributed by atoms with Gasteiger partial charge in [0.25, 0.3) is 5.56 Å². The van der Waals surface area contributed by atoms with Crippen molar-refractivity contribution >= 4 is 28.9 Å². The van der Waals surface area contributed by atoms with E-state index in [1.54, 1.807) is 4.90 Å². The van der Waals surface area contributed by atoms with Gasteiger partial charge in [0.15, 0.2) is 0 Å². The fourth-order valence-corrected chi connectivity index (χ4v) is 4.13. The molecular formula is C21H19ClF3N3O2. The van der Waals surface area contributed by atoms with E-state index in [2.05, 4.69) is 4.99 Å². The number of fused-ring (bicyclic) bond motifs is 1. The van der Waals surface area contributed by atoms with Crippen molar-refractivity contribution in [2.75, 3.05) is 13.1 Å². The number of benzene rings is 1. The van der Waals surface area contributed by atoms with Gasteiger partial charge in [0, 0.05) is 43.4 Å². The Hall–Kier alpha value is -2.61. The van der Waals surface area contributed by atoms with Crippen LogP contribution < -0.4 is 5.56 Å². The van der Waals surface area contributed by atoms with Crippen LogP contribution in [0.15, 0.2) is 46.3 Å². The van der Waals surface area contributed by atoms with E-state index in [9.17, 15) is 22.8 Å². The van der Waals surface area contributed by atoms with Gasteiger partial charge in [-0.3, -0.25) is 14.6 Å². The van der Waals surface area contributed by atoms with Gasteiger partial charge in [0.2, 0.25) is 5.91 Å². The summed E-state index contributed by atoms with van der Waals surface area (Å²) in [6.45, 7) is 0.959. The molecule has 30 heavy (non-hydrogen) atoms. The van der Waals surface area contributed by atoms with E-state index in [1.807, 2.05) is 0 Å². The molecule has 1 saturated heterocycles. The Morgan fingerprint density at radius 1 is 1.17 bits per heavy atom. The second-order valence-corrected chi connectivity index (χ2v) is 8.03. The predicted octanol–water partition coefficient (Wildman–Crippen LogP) is 4.09. The van der Waals surface area contributed by atoms with E-state index < -0.39 is 11.7 Å². The third-order valence-electron chi connectivity index (χ3n) is 5.62. The minimum absolute atomic E-state index is 0.0728. The highest BCUT2D eigenvalue weighted by Gasteiger charge is 2.33. The standard InChI is InChI=1S/C21H19ClF3N3O2/c22-16-3-4-19(29)28(11-16)12-20(30)27-7-5-13(6-8-27)17-9-14-1-2-15(21(23,24)25)10-18(14)26-17/h1-4,10-11,13H,5-9,12H2. The maximum atomic E-state index is 12.9. The molecule has 0 spiro atoms. The summed E-state index contributed by atoms with van der Waals surface area (Å²) in [4.78, 5) is 30.6. The van der Waals surface area contributed by atoms with Crippen molar-refractivity contribution in [2.45, 2.75) is 32.0 Å². The van der Waals surface area contributed by atoms with Crippen LogP contribution in [0.25, 0.3) is 0 Å². The Morgan fingerprint density at radius 2 is 1.90 bits per heavy atom. The molecule has 2 aliphatic heterocycles. The van der Waals surface area contributed by atoms with E-state index in [4.69, 9.17) is 11.6 Å². The van der Waals surface area contributed by atoms with Crippen LogP contribution in [0.1, 0.15) is 24.0 Å². The molecule has 0 bridgehead atoms. The van der Waals surface area contributed by atoms with Crippen molar-refractivity contribution in [3.05, 3.63) is 63.0 Å². The lowest BCUT2D eigenvalue weighted by atomic mass is 9.89. The van der Waals surface area contributed by atoms with E-state index in [0.717, 1.165) is 23.4 Å². The SMILES string of the molecule is O=C(Cn1cc(Cl)ccc1=O)N1CCC(C2=Nc3cc(C(F)(F)F)ccc3C2)CC1. The van der Waals surface area contributed by atoms with Gasteiger partial charge in [0.05, 0.1) is 16.3 Å². The van der Waals surface area contributed by atoms with Crippen LogP contribution in [0, 0.1) is 5.92 Å². The van der Waals surface area contributed by atoms with Gasteiger partial charge in [-0.2, -0.15) is 13.2 Å². The van der Waals surface area contributed by atoms with Crippen molar-refractivity contribution in [1.29, 1.82) is 0 Å². The number of nitrogens with zero attached hydrogens (tertiary/aromatic N) is 3. The van der Waals surface area contributed by atoms with Crippen LogP contribution in [0.3, 0.4) is 0 Å². The third-order valence-corrected chi connectivity index (χ3v) is 5.84. The minimum atomic E-state index is -4.38. The van der Waals surface area contributed by atoms with Gasteiger partial charge in [-0.1, -0.05) is 17.7 Å². The zero-order valence-electron chi connectivity index (χ0n) is 16.0. The highest BCUT2D eigenvalue weighted by atomic mass is 35.5. The van der Waals surface area contributed by atoms with Crippen molar-refractivity contribution in [3.63, 3.8) is 0 Å². The number of halogens is 4. The molecule has 2 aliphatic rings. The van der Waals surface area contributed by atoms with Gasteiger partial charge in [-0.15, -0.1) is 0 Å². The Balaban J connectivity index is 1.38.